The maximum absolute atomic E-state index is 5.18. The van der Waals surface area contributed by atoms with E-state index in [1.807, 2.05) is 12.1 Å². The molecule has 0 atom stereocenters. The smallest absolute Gasteiger partial charge is 0.145 e. The van der Waals surface area contributed by atoms with Crippen molar-refractivity contribution in [2.75, 3.05) is 4.90 Å². The zero-order chi connectivity index (χ0) is 33.2. The summed E-state index contributed by atoms with van der Waals surface area (Å²) in [5.74, 6) is 0.913. The maximum atomic E-state index is 5.18. The maximum Gasteiger partial charge on any atom is 0.145 e. The van der Waals surface area contributed by atoms with Gasteiger partial charge in [-0.15, -0.1) is 0 Å². The standard InChI is InChI=1S/C45H31N5/c1-46-36-21-8-11-24-39(36)48-29-31-14-5-6-19-34(31)43-41(48)26-27-42-44(43)35-20-7-10-23-38(35)49(42)33-18-13-15-30(28-33)45-47-37-22-9-12-25-40(37)50(45)32-16-3-2-4-17-32/h2-28H,1,29H2. The number of fused-ring (bicyclic) bond motifs is 8. The Morgan fingerprint density at radius 3 is 2.20 bits per heavy atom. The Kier molecular flexibility index (Phi) is 6.33. The first-order valence-electron chi connectivity index (χ1n) is 16.9. The lowest BCUT2D eigenvalue weighted by atomic mass is 9.89. The first kappa shape index (κ1) is 28.3. The van der Waals surface area contributed by atoms with Crippen molar-refractivity contribution < 1.29 is 0 Å². The molecule has 0 spiro atoms. The topological polar surface area (TPSA) is 38.4 Å². The normalized spacial score (nSPS) is 12.4. The van der Waals surface area contributed by atoms with Gasteiger partial charge in [-0.2, -0.15) is 0 Å². The Bertz CT molecular complexity index is 2770. The second kappa shape index (κ2) is 11.2. The van der Waals surface area contributed by atoms with E-state index in [-0.39, 0.29) is 0 Å². The minimum atomic E-state index is 0.754. The predicted octanol–water partition coefficient (Wildman–Crippen LogP) is 11.4. The summed E-state index contributed by atoms with van der Waals surface area (Å²) in [7, 11) is 0. The summed E-state index contributed by atoms with van der Waals surface area (Å²) < 4.78 is 4.67. The van der Waals surface area contributed by atoms with Gasteiger partial charge in [0.2, 0.25) is 0 Å². The molecule has 0 unspecified atom stereocenters. The molecule has 0 radical (unpaired) electrons. The van der Waals surface area contributed by atoms with Crippen LogP contribution in [-0.2, 0) is 6.54 Å². The van der Waals surface area contributed by atoms with Crippen molar-refractivity contribution in [1.29, 1.82) is 0 Å². The molecule has 236 valence electrons. The quantitative estimate of drug-likeness (QED) is 0.175. The van der Waals surface area contributed by atoms with Crippen molar-refractivity contribution in [3.05, 3.63) is 169 Å². The Balaban J connectivity index is 1.23. The van der Waals surface area contributed by atoms with E-state index in [0.717, 1.165) is 62.7 Å². The average molecular weight is 642 g/mol. The number of anilines is 2. The van der Waals surface area contributed by atoms with Gasteiger partial charge in [-0.25, -0.2) is 4.98 Å². The highest BCUT2D eigenvalue weighted by Crippen LogP contribution is 2.50. The van der Waals surface area contributed by atoms with Gasteiger partial charge in [0.05, 0.1) is 39.1 Å². The van der Waals surface area contributed by atoms with Crippen LogP contribution in [0, 0.1) is 0 Å². The highest BCUT2D eigenvalue weighted by Gasteiger charge is 2.28. The fraction of sp³-hybridized carbons (Fsp3) is 0.0222. The van der Waals surface area contributed by atoms with Crippen molar-refractivity contribution in [3.8, 4) is 33.9 Å². The number of rotatable bonds is 5. The summed E-state index contributed by atoms with van der Waals surface area (Å²) in [5.41, 5.74) is 14.5. The number of aromatic nitrogens is 3. The van der Waals surface area contributed by atoms with Crippen molar-refractivity contribution in [1.82, 2.24) is 14.1 Å². The van der Waals surface area contributed by atoms with E-state index in [2.05, 4.69) is 177 Å². The van der Waals surface area contributed by atoms with Crippen LogP contribution in [0.1, 0.15) is 5.56 Å². The second-order valence-corrected chi connectivity index (χ2v) is 12.7. The molecule has 9 aromatic rings. The van der Waals surface area contributed by atoms with Gasteiger partial charge in [0.15, 0.2) is 0 Å². The first-order valence-corrected chi connectivity index (χ1v) is 16.9. The summed E-state index contributed by atoms with van der Waals surface area (Å²) in [5, 5.41) is 2.45. The highest BCUT2D eigenvalue weighted by molar-refractivity contribution is 6.19. The van der Waals surface area contributed by atoms with Crippen LogP contribution in [0.4, 0.5) is 17.1 Å². The van der Waals surface area contributed by atoms with Crippen LogP contribution in [0.3, 0.4) is 0 Å². The van der Waals surface area contributed by atoms with Crippen LogP contribution in [0.15, 0.2) is 169 Å². The third-order valence-corrected chi connectivity index (χ3v) is 10.0. The van der Waals surface area contributed by atoms with E-state index >= 15 is 0 Å². The van der Waals surface area contributed by atoms with Crippen molar-refractivity contribution in [2.45, 2.75) is 6.54 Å². The third kappa shape index (κ3) is 4.20. The Hall–Kier alpha value is -6.72. The molecule has 2 aromatic heterocycles. The number of benzene rings is 7. The molecule has 50 heavy (non-hydrogen) atoms. The van der Waals surface area contributed by atoms with Crippen LogP contribution in [-0.4, -0.2) is 20.8 Å². The first-order chi connectivity index (χ1) is 24.8. The van der Waals surface area contributed by atoms with Gasteiger partial charge < -0.3 is 9.47 Å². The molecule has 0 bridgehead atoms. The molecule has 5 nitrogen and oxygen atoms in total. The third-order valence-electron chi connectivity index (χ3n) is 10.0. The number of hydrogen-bond donors (Lipinski definition) is 0. The zero-order valence-corrected chi connectivity index (χ0v) is 27.2. The molecule has 3 heterocycles. The Morgan fingerprint density at radius 2 is 1.30 bits per heavy atom. The average Bonchev–Trinajstić information content (AvgIpc) is 3.74. The van der Waals surface area contributed by atoms with Crippen LogP contribution in [0.2, 0.25) is 0 Å². The van der Waals surface area contributed by atoms with Gasteiger partial charge in [0, 0.05) is 39.8 Å². The molecule has 5 heteroatoms. The Morgan fingerprint density at radius 1 is 0.560 bits per heavy atom. The van der Waals surface area contributed by atoms with Crippen molar-refractivity contribution >= 4 is 56.6 Å². The van der Waals surface area contributed by atoms with Crippen molar-refractivity contribution in [3.63, 3.8) is 0 Å². The fourth-order valence-corrected chi connectivity index (χ4v) is 7.87. The van der Waals surface area contributed by atoms with Crippen LogP contribution in [0.25, 0.3) is 66.7 Å². The molecule has 7 aromatic carbocycles. The molecular formula is C45H31N5. The largest absolute Gasteiger partial charge is 0.335 e. The van der Waals surface area contributed by atoms with Gasteiger partial charge in [0.1, 0.15) is 5.82 Å². The molecule has 0 aliphatic carbocycles. The fourth-order valence-electron chi connectivity index (χ4n) is 7.87. The molecule has 10 rings (SSSR count). The van der Waals surface area contributed by atoms with Gasteiger partial charge >= 0.3 is 0 Å². The van der Waals surface area contributed by atoms with E-state index in [1.165, 1.54) is 33.2 Å². The van der Waals surface area contributed by atoms with Crippen LogP contribution in [0.5, 0.6) is 0 Å². The minimum Gasteiger partial charge on any atom is -0.335 e. The Labute approximate surface area is 289 Å². The van der Waals surface area contributed by atoms with E-state index < -0.39 is 0 Å². The number of imidazole rings is 1. The second-order valence-electron chi connectivity index (χ2n) is 12.7. The summed E-state index contributed by atoms with van der Waals surface area (Å²) in [4.78, 5) is 12.0. The highest BCUT2D eigenvalue weighted by atomic mass is 15.2. The minimum absolute atomic E-state index is 0.754. The van der Waals surface area contributed by atoms with Gasteiger partial charge in [0.25, 0.3) is 0 Å². The van der Waals surface area contributed by atoms with Crippen LogP contribution < -0.4 is 4.90 Å². The number of aliphatic imine (C=N–C) groups is 1. The van der Waals surface area contributed by atoms with Gasteiger partial charge in [-0.1, -0.05) is 97.1 Å². The predicted molar refractivity (Wildman–Crippen MR) is 208 cm³/mol. The lowest BCUT2D eigenvalue weighted by molar-refractivity contribution is 0.963. The van der Waals surface area contributed by atoms with Gasteiger partial charge in [-0.05, 0) is 84.6 Å². The van der Waals surface area contributed by atoms with E-state index in [0.29, 0.717) is 0 Å². The molecule has 0 fully saturated rings. The lowest BCUT2D eigenvalue weighted by Crippen LogP contribution is -2.21. The summed E-state index contributed by atoms with van der Waals surface area (Å²) in [6.07, 6.45) is 0. The number of nitrogens with zero attached hydrogens (tertiary/aromatic N) is 5. The molecule has 0 saturated heterocycles. The van der Waals surface area contributed by atoms with E-state index in [1.54, 1.807) is 0 Å². The van der Waals surface area contributed by atoms with E-state index in [9.17, 15) is 0 Å². The number of hydrogen-bond acceptors (Lipinski definition) is 3. The molecule has 0 N–H and O–H groups in total. The van der Waals surface area contributed by atoms with Crippen LogP contribution >= 0.6 is 0 Å². The lowest BCUT2D eigenvalue weighted by Gasteiger charge is -2.34. The summed E-state index contributed by atoms with van der Waals surface area (Å²) >= 11 is 0. The molecule has 1 aliphatic rings. The number of para-hydroxylation sites is 6. The summed E-state index contributed by atoms with van der Waals surface area (Å²) in [6.45, 7) is 4.65. The van der Waals surface area contributed by atoms with E-state index in [4.69, 9.17) is 4.98 Å². The molecule has 0 saturated carbocycles. The zero-order valence-electron chi connectivity index (χ0n) is 27.2. The van der Waals surface area contributed by atoms with Crippen molar-refractivity contribution in [2.24, 2.45) is 4.99 Å². The summed E-state index contributed by atoms with van der Waals surface area (Å²) in [6, 6.07) is 58.0. The molecule has 0 amide bonds. The van der Waals surface area contributed by atoms with Gasteiger partial charge in [-0.3, -0.25) is 9.56 Å². The molecular weight excluding hydrogens is 611 g/mol. The SMILES string of the molecule is C=Nc1ccccc1N1Cc2ccccc2-c2c1ccc1c2c2ccccc2n1-c1cccc(-c2nc3ccccc3n2-c2ccccc2)c1. The molecule has 1 aliphatic heterocycles. The monoisotopic (exact) mass is 641 g/mol.